The van der Waals surface area contributed by atoms with Crippen LogP contribution >= 0.6 is 0 Å². The molecule has 1 fully saturated rings. The molecule has 0 bridgehead atoms. The average molecular weight is 234 g/mol. The number of pyridine rings is 1. The zero-order valence-electron chi connectivity index (χ0n) is 10.8. The molecule has 0 spiro atoms. The Hall–Kier alpha value is -1.25. The van der Waals surface area contributed by atoms with Gasteiger partial charge in [-0.25, -0.2) is 0 Å². The fourth-order valence-corrected chi connectivity index (χ4v) is 2.41. The van der Waals surface area contributed by atoms with E-state index in [0.29, 0.717) is 5.88 Å². The molecule has 3 heteroatoms. The molecule has 1 aliphatic carbocycles. The molecule has 0 saturated heterocycles. The standard InChI is InChI=1S/C14H22N2O/c1-11-6-8-12(9-7-11)10-15-13-4-3-5-14(16-13)17-2/h3-5,11-12H,6-10H2,1-2H3,(H,15,16). The van der Waals surface area contributed by atoms with Crippen LogP contribution in [0.4, 0.5) is 5.82 Å². The Labute approximate surface area is 104 Å². The van der Waals surface area contributed by atoms with Gasteiger partial charge in [-0.2, -0.15) is 4.98 Å². The van der Waals surface area contributed by atoms with E-state index < -0.39 is 0 Å². The zero-order valence-corrected chi connectivity index (χ0v) is 10.8. The fourth-order valence-electron chi connectivity index (χ4n) is 2.41. The smallest absolute Gasteiger partial charge is 0.214 e. The SMILES string of the molecule is COc1cccc(NCC2CCC(C)CC2)n1. The number of nitrogens with one attached hydrogen (secondary N) is 1. The van der Waals surface area contributed by atoms with Crippen molar-refractivity contribution in [1.29, 1.82) is 0 Å². The van der Waals surface area contributed by atoms with Crippen molar-refractivity contribution in [2.75, 3.05) is 19.0 Å². The zero-order chi connectivity index (χ0) is 12.1. The third kappa shape index (κ3) is 3.62. The maximum absolute atomic E-state index is 5.11. The molecule has 0 amide bonds. The predicted molar refractivity (Wildman–Crippen MR) is 70.4 cm³/mol. The first-order chi connectivity index (χ1) is 8.28. The molecule has 0 aliphatic heterocycles. The highest BCUT2D eigenvalue weighted by atomic mass is 16.5. The molecule has 0 radical (unpaired) electrons. The minimum absolute atomic E-state index is 0.673. The van der Waals surface area contributed by atoms with Gasteiger partial charge in [-0.15, -0.1) is 0 Å². The van der Waals surface area contributed by atoms with Gasteiger partial charge in [-0.1, -0.05) is 25.8 Å². The third-order valence-electron chi connectivity index (χ3n) is 3.64. The van der Waals surface area contributed by atoms with Gasteiger partial charge in [-0.05, 0) is 30.7 Å². The van der Waals surface area contributed by atoms with Crippen molar-refractivity contribution < 1.29 is 4.74 Å². The topological polar surface area (TPSA) is 34.1 Å². The van der Waals surface area contributed by atoms with Gasteiger partial charge in [0.25, 0.3) is 0 Å². The monoisotopic (exact) mass is 234 g/mol. The lowest BCUT2D eigenvalue weighted by atomic mass is 9.83. The molecule has 0 unspecified atom stereocenters. The van der Waals surface area contributed by atoms with E-state index in [9.17, 15) is 0 Å². The van der Waals surface area contributed by atoms with Crippen LogP contribution in [0.25, 0.3) is 0 Å². The van der Waals surface area contributed by atoms with Crippen LogP contribution in [0.5, 0.6) is 5.88 Å². The molecule has 17 heavy (non-hydrogen) atoms. The summed E-state index contributed by atoms with van der Waals surface area (Å²) in [6.45, 7) is 3.39. The van der Waals surface area contributed by atoms with Crippen molar-refractivity contribution in [1.82, 2.24) is 4.98 Å². The Kier molecular flexibility index (Phi) is 4.24. The summed E-state index contributed by atoms with van der Waals surface area (Å²) < 4.78 is 5.11. The van der Waals surface area contributed by atoms with Gasteiger partial charge in [0, 0.05) is 12.6 Å². The van der Waals surface area contributed by atoms with Crippen LogP contribution < -0.4 is 10.1 Å². The van der Waals surface area contributed by atoms with Crippen molar-refractivity contribution in [2.45, 2.75) is 32.6 Å². The van der Waals surface area contributed by atoms with Crippen LogP contribution in [-0.4, -0.2) is 18.6 Å². The largest absolute Gasteiger partial charge is 0.481 e. The van der Waals surface area contributed by atoms with Crippen molar-refractivity contribution >= 4 is 5.82 Å². The summed E-state index contributed by atoms with van der Waals surface area (Å²) in [6, 6.07) is 5.83. The van der Waals surface area contributed by atoms with Crippen molar-refractivity contribution in [3.05, 3.63) is 18.2 Å². The van der Waals surface area contributed by atoms with Crippen LogP contribution in [0.15, 0.2) is 18.2 Å². The fraction of sp³-hybridized carbons (Fsp3) is 0.643. The van der Waals surface area contributed by atoms with Crippen molar-refractivity contribution in [2.24, 2.45) is 11.8 Å². The molecule has 0 aromatic carbocycles. The maximum Gasteiger partial charge on any atom is 0.214 e. The normalized spacial score (nSPS) is 24.4. The van der Waals surface area contributed by atoms with Crippen LogP contribution in [0.2, 0.25) is 0 Å². The quantitative estimate of drug-likeness (QED) is 0.867. The van der Waals surface area contributed by atoms with Gasteiger partial charge in [0.2, 0.25) is 5.88 Å². The van der Waals surface area contributed by atoms with Crippen molar-refractivity contribution in [3.8, 4) is 5.88 Å². The lowest BCUT2D eigenvalue weighted by Crippen LogP contribution is -2.20. The van der Waals surface area contributed by atoms with Gasteiger partial charge >= 0.3 is 0 Å². The number of ether oxygens (including phenoxy) is 1. The lowest BCUT2D eigenvalue weighted by Gasteiger charge is -2.26. The van der Waals surface area contributed by atoms with Gasteiger partial charge in [0.05, 0.1) is 7.11 Å². The number of hydrogen-bond donors (Lipinski definition) is 1. The number of anilines is 1. The molecule has 1 saturated carbocycles. The Morgan fingerprint density at radius 1 is 1.29 bits per heavy atom. The van der Waals surface area contributed by atoms with Crippen molar-refractivity contribution in [3.63, 3.8) is 0 Å². The molecular weight excluding hydrogens is 212 g/mol. The van der Waals surface area contributed by atoms with E-state index in [1.165, 1.54) is 25.7 Å². The summed E-state index contributed by atoms with van der Waals surface area (Å²) in [4.78, 5) is 4.36. The van der Waals surface area contributed by atoms with E-state index in [1.54, 1.807) is 7.11 Å². The first-order valence-electron chi connectivity index (χ1n) is 6.53. The number of methoxy groups -OCH3 is 1. The molecular formula is C14H22N2O. The summed E-state index contributed by atoms with van der Waals surface area (Å²) in [7, 11) is 1.65. The van der Waals surface area contributed by atoms with E-state index in [-0.39, 0.29) is 0 Å². The van der Waals surface area contributed by atoms with Gasteiger partial charge in [0.15, 0.2) is 0 Å². The number of nitrogens with zero attached hydrogens (tertiary/aromatic N) is 1. The second kappa shape index (κ2) is 5.89. The Bertz CT molecular complexity index is 346. The van der Waals surface area contributed by atoms with Crippen LogP contribution in [0.1, 0.15) is 32.6 Å². The summed E-state index contributed by atoms with van der Waals surface area (Å²) in [6.07, 6.45) is 5.44. The Morgan fingerprint density at radius 2 is 2.06 bits per heavy atom. The Balaban J connectivity index is 1.81. The van der Waals surface area contributed by atoms with Gasteiger partial charge in [0.1, 0.15) is 5.82 Å². The van der Waals surface area contributed by atoms with E-state index >= 15 is 0 Å². The van der Waals surface area contributed by atoms with E-state index in [1.807, 2.05) is 18.2 Å². The Morgan fingerprint density at radius 3 is 2.76 bits per heavy atom. The van der Waals surface area contributed by atoms with E-state index in [2.05, 4.69) is 17.2 Å². The first-order valence-corrected chi connectivity index (χ1v) is 6.53. The molecule has 3 nitrogen and oxygen atoms in total. The molecule has 94 valence electrons. The van der Waals surface area contributed by atoms with Gasteiger partial charge in [-0.3, -0.25) is 0 Å². The first kappa shape index (κ1) is 12.2. The van der Waals surface area contributed by atoms with Gasteiger partial charge < -0.3 is 10.1 Å². The number of hydrogen-bond acceptors (Lipinski definition) is 3. The summed E-state index contributed by atoms with van der Waals surface area (Å²) in [5, 5.41) is 3.41. The van der Waals surface area contributed by atoms with Crippen LogP contribution in [0.3, 0.4) is 0 Å². The minimum atomic E-state index is 0.673. The van der Waals surface area contributed by atoms with E-state index in [0.717, 1.165) is 24.2 Å². The summed E-state index contributed by atoms with van der Waals surface area (Å²) >= 11 is 0. The van der Waals surface area contributed by atoms with E-state index in [4.69, 9.17) is 4.74 Å². The number of aromatic nitrogens is 1. The molecule has 1 aliphatic rings. The number of rotatable bonds is 4. The molecule has 1 aromatic rings. The molecule has 1 N–H and O–H groups in total. The predicted octanol–water partition coefficient (Wildman–Crippen LogP) is 3.33. The minimum Gasteiger partial charge on any atom is -0.481 e. The molecule has 2 rings (SSSR count). The summed E-state index contributed by atoms with van der Waals surface area (Å²) in [5.41, 5.74) is 0. The molecule has 0 atom stereocenters. The highest BCUT2D eigenvalue weighted by Gasteiger charge is 2.17. The maximum atomic E-state index is 5.11. The van der Waals surface area contributed by atoms with Crippen LogP contribution in [-0.2, 0) is 0 Å². The molecule has 1 aromatic heterocycles. The second-order valence-electron chi connectivity index (χ2n) is 5.07. The third-order valence-corrected chi connectivity index (χ3v) is 3.64. The highest BCUT2D eigenvalue weighted by molar-refractivity contribution is 5.36. The molecule has 1 heterocycles. The van der Waals surface area contributed by atoms with Crippen LogP contribution in [0, 0.1) is 11.8 Å². The lowest BCUT2D eigenvalue weighted by molar-refractivity contribution is 0.300. The summed E-state index contributed by atoms with van der Waals surface area (Å²) in [5.74, 6) is 3.32. The average Bonchev–Trinajstić information content (AvgIpc) is 2.38. The highest BCUT2D eigenvalue weighted by Crippen LogP contribution is 2.28. The second-order valence-corrected chi connectivity index (χ2v) is 5.07.